The average molecular weight is 276 g/mol. The first-order valence-corrected chi connectivity index (χ1v) is 5.84. The van der Waals surface area contributed by atoms with Crippen molar-refractivity contribution in [3.63, 3.8) is 0 Å². The first kappa shape index (κ1) is 15.5. The molecule has 0 saturated heterocycles. The first-order chi connectivity index (χ1) is 9.62. The average Bonchev–Trinajstić information content (AvgIpc) is 2.50. The Labute approximate surface area is 117 Å². The van der Waals surface area contributed by atoms with Crippen LogP contribution in [0, 0.1) is 0 Å². The first-order valence-electron chi connectivity index (χ1n) is 5.84. The summed E-state index contributed by atoms with van der Waals surface area (Å²) < 4.78 is 14.4. The SMILES string of the molecule is C=CCOc1ccc(C=C(C(=O)OC)C(=O)OC)cc1. The minimum absolute atomic E-state index is 0.172. The predicted molar refractivity (Wildman–Crippen MR) is 74.1 cm³/mol. The van der Waals surface area contributed by atoms with Gasteiger partial charge in [0.05, 0.1) is 14.2 Å². The molecule has 5 heteroatoms. The maximum Gasteiger partial charge on any atom is 0.345 e. The quantitative estimate of drug-likeness (QED) is 0.261. The monoisotopic (exact) mass is 276 g/mol. The van der Waals surface area contributed by atoms with E-state index >= 15 is 0 Å². The molecule has 0 aliphatic heterocycles. The lowest BCUT2D eigenvalue weighted by atomic mass is 10.1. The van der Waals surface area contributed by atoms with E-state index in [-0.39, 0.29) is 5.57 Å². The van der Waals surface area contributed by atoms with Gasteiger partial charge < -0.3 is 14.2 Å². The van der Waals surface area contributed by atoms with Gasteiger partial charge in [-0.3, -0.25) is 0 Å². The van der Waals surface area contributed by atoms with E-state index in [9.17, 15) is 9.59 Å². The smallest absolute Gasteiger partial charge is 0.345 e. The van der Waals surface area contributed by atoms with E-state index in [0.717, 1.165) is 0 Å². The summed E-state index contributed by atoms with van der Waals surface area (Å²) in [6, 6.07) is 6.87. The summed E-state index contributed by atoms with van der Waals surface area (Å²) in [5, 5.41) is 0. The van der Waals surface area contributed by atoms with Crippen LogP contribution in [0.15, 0.2) is 42.5 Å². The second kappa shape index (κ2) is 7.78. The van der Waals surface area contributed by atoms with Crippen LogP contribution in [0.1, 0.15) is 5.56 Å². The third kappa shape index (κ3) is 4.28. The molecule has 0 amide bonds. The molecule has 1 aromatic carbocycles. The van der Waals surface area contributed by atoms with Gasteiger partial charge in [-0.05, 0) is 23.8 Å². The fourth-order valence-corrected chi connectivity index (χ4v) is 1.40. The molecule has 1 rings (SSSR count). The Kier molecular flexibility index (Phi) is 6.03. The van der Waals surface area contributed by atoms with Gasteiger partial charge in [0.25, 0.3) is 0 Å². The van der Waals surface area contributed by atoms with E-state index in [4.69, 9.17) is 4.74 Å². The van der Waals surface area contributed by atoms with Crippen LogP contribution in [-0.2, 0) is 19.1 Å². The number of esters is 2. The van der Waals surface area contributed by atoms with Gasteiger partial charge in [0, 0.05) is 0 Å². The van der Waals surface area contributed by atoms with Crippen molar-refractivity contribution >= 4 is 18.0 Å². The molecule has 0 unspecified atom stereocenters. The number of rotatable bonds is 6. The molecule has 0 atom stereocenters. The zero-order valence-corrected chi connectivity index (χ0v) is 11.4. The van der Waals surface area contributed by atoms with Crippen molar-refractivity contribution in [2.24, 2.45) is 0 Å². The van der Waals surface area contributed by atoms with Crippen LogP contribution in [0.2, 0.25) is 0 Å². The Hall–Kier alpha value is -2.56. The molecule has 0 radical (unpaired) electrons. The zero-order valence-electron chi connectivity index (χ0n) is 11.4. The van der Waals surface area contributed by atoms with Crippen LogP contribution in [0.3, 0.4) is 0 Å². The molecule has 0 spiro atoms. The van der Waals surface area contributed by atoms with Gasteiger partial charge in [0.15, 0.2) is 0 Å². The summed E-state index contributed by atoms with van der Waals surface area (Å²) >= 11 is 0. The van der Waals surface area contributed by atoms with E-state index < -0.39 is 11.9 Å². The molecule has 0 aromatic heterocycles. The van der Waals surface area contributed by atoms with Gasteiger partial charge in [-0.2, -0.15) is 0 Å². The Morgan fingerprint density at radius 1 is 1.10 bits per heavy atom. The Balaban J connectivity index is 2.96. The highest BCUT2D eigenvalue weighted by Crippen LogP contribution is 2.15. The molecule has 20 heavy (non-hydrogen) atoms. The number of carbonyl (C=O) groups is 2. The van der Waals surface area contributed by atoms with Gasteiger partial charge in [-0.25, -0.2) is 9.59 Å². The van der Waals surface area contributed by atoms with Crippen LogP contribution in [0.5, 0.6) is 5.75 Å². The Bertz CT molecular complexity index is 496. The van der Waals surface area contributed by atoms with Crippen molar-refractivity contribution in [1.29, 1.82) is 0 Å². The number of carbonyl (C=O) groups excluding carboxylic acids is 2. The normalized spacial score (nSPS) is 9.30. The molecule has 1 aromatic rings. The maximum atomic E-state index is 11.5. The molecule has 0 fully saturated rings. The highest BCUT2D eigenvalue weighted by molar-refractivity contribution is 6.17. The van der Waals surface area contributed by atoms with Crippen molar-refractivity contribution in [3.8, 4) is 5.75 Å². The van der Waals surface area contributed by atoms with Gasteiger partial charge in [-0.1, -0.05) is 24.8 Å². The molecule has 0 N–H and O–H groups in total. The standard InChI is InChI=1S/C15H16O5/c1-4-9-20-12-7-5-11(6-8-12)10-13(14(16)18-2)15(17)19-3/h4-8,10H,1,9H2,2-3H3. The van der Waals surface area contributed by atoms with E-state index in [0.29, 0.717) is 17.9 Å². The molecule has 0 bridgehead atoms. The number of benzene rings is 1. The summed E-state index contributed by atoms with van der Waals surface area (Å²) in [6.45, 7) is 3.96. The van der Waals surface area contributed by atoms with Crippen LogP contribution >= 0.6 is 0 Å². The second-order valence-electron chi connectivity index (χ2n) is 3.71. The second-order valence-corrected chi connectivity index (χ2v) is 3.71. The maximum absolute atomic E-state index is 11.5. The lowest BCUT2D eigenvalue weighted by Crippen LogP contribution is -2.15. The Morgan fingerprint density at radius 3 is 2.10 bits per heavy atom. The highest BCUT2D eigenvalue weighted by Gasteiger charge is 2.19. The fourth-order valence-electron chi connectivity index (χ4n) is 1.40. The fraction of sp³-hybridized carbons (Fsp3) is 0.200. The lowest BCUT2D eigenvalue weighted by molar-refractivity contribution is -0.143. The van der Waals surface area contributed by atoms with Crippen molar-refractivity contribution in [3.05, 3.63) is 48.1 Å². The minimum Gasteiger partial charge on any atom is -0.490 e. The summed E-state index contributed by atoms with van der Waals surface area (Å²) in [5.41, 5.74) is 0.483. The lowest BCUT2D eigenvalue weighted by Gasteiger charge is -2.05. The molecular formula is C15H16O5. The van der Waals surface area contributed by atoms with Crippen molar-refractivity contribution in [2.45, 2.75) is 0 Å². The summed E-state index contributed by atoms with van der Waals surface area (Å²) in [6.07, 6.45) is 3.04. The van der Waals surface area contributed by atoms with Crippen molar-refractivity contribution in [2.75, 3.05) is 20.8 Å². The molecule has 106 valence electrons. The van der Waals surface area contributed by atoms with Gasteiger partial charge >= 0.3 is 11.9 Å². The van der Waals surface area contributed by atoms with Gasteiger partial charge in [0.1, 0.15) is 17.9 Å². The van der Waals surface area contributed by atoms with Gasteiger partial charge in [0.2, 0.25) is 0 Å². The van der Waals surface area contributed by atoms with E-state index in [1.54, 1.807) is 30.3 Å². The van der Waals surface area contributed by atoms with E-state index in [1.807, 2.05) is 0 Å². The third-order valence-electron chi connectivity index (χ3n) is 2.37. The van der Waals surface area contributed by atoms with Crippen LogP contribution in [0.4, 0.5) is 0 Å². The molecule has 0 heterocycles. The molecular weight excluding hydrogens is 260 g/mol. The summed E-state index contributed by atoms with van der Waals surface area (Å²) in [7, 11) is 2.40. The number of methoxy groups -OCH3 is 2. The largest absolute Gasteiger partial charge is 0.490 e. The topological polar surface area (TPSA) is 61.8 Å². The Morgan fingerprint density at radius 2 is 1.65 bits per heavy atom. The number of ether oxygens (including phenoxy) is 3. The molecule has 0 aliphatic carbocycles. The van der Waals surface area contributed by atoms with Crippen molar-refractivity contribution < 1.29 is 23.8 Å². The van der Waals surface area contributed by atoms with Crippen molar-refractivity contribution in [1.82, 2.24) is 0 Å². The summed E-state index contributed by atoms with van der Waals surface area (Å²) in [5.74, 6) is -0.826. The molecule has 0 saturated carbocycles. The highest BCUT2D eigenvalue weighted by atomic mass is 16.5. The summed E-state index contributed by atoms with van der Waals surface area (Å²) in [4.78, 5) is 23.0. The molecule has 5 nitrogen and oxygen atoms in total. The van der Waals surface area contributed by atoms with E-state index in [2.05, 4.69) is 16.1 Å². The van der Waals surface area contributed by atoms with E-state index in [1.165, 1.54) is 20.3 Å². The third-order valence-corrected chi connectivity index (χ3v) is 2.37. The number of hydrogen-bond donors (Lipinski definition) is 0. The molecule has 0 aliphatic rings. The van der Waals surface area contributed by atoms with Gasteiger partial charge in [-0.15, -0.1) is 0 Å². The zero-order chi connectivity index (χ0) is 15.0. The van der Waals surface area contributed by atoms with Crippen LogP contribution in [-0.4, -0.2) is 32.8 Å². The van der Waals surface area contributed by atoms with Crippen LogP contribution in [0.25, 0.3) is 6.08 Å². The van der Waals surface area contributed by atoms with Crippen LogP contribution < -0.4 is 4.74 Å². The number of hydrogen-bond acceptors (Lipinski definition) is 5. The predicted octanol–water partition coefficient (Wildman–Crippen LogP) is 1.98. The minimum atomic E-state index is -0.746.